The van der Waals surface area contributed by atoms with Gasteiger partial charge in [0.25, 0.3) is 0 Å². The van der Waals surface area contributed by atoms with E-state index in [0.717, 1.165) is 0 Å². The van der Waals surface area contributed by atoms with E-state index in [1.807, 2.05) is 0 Å². The highest BCUT2D eigenvalue weighted by Crippen LogP contribution is 2.57. The third-order valence-corrected chi connectivity index (χ3v) is 30.2. The van der Waals surface area contributed by atoms with Crippen molar-refractivity contribution in [3.05, 3.63) is 468 Å². The van der Waals surface area contributed by atoms with Gasteiger partial charge in [0.1, 0.15) is 0 Å². The lowest BCUT2D eigenvalue weighted by Gasteiger charge is -2.22. The number of hydrogen-bond donors (Lipinski definition) is 0. The van der Waals surface area contributed by atoms with Gasteiger partial charge >= 0.3 is 0 Å². The van der Waals surface area contributed by atoms with Crippen molar-refractivity contribution in [3.8, 4) is 111 Å². The van der Waals surface area contributed by atoms with Crippen LogP contribution in [0.2, 0.25) is 0 Å². The molecule has 0 spiro atoms. The summed E-state index contributed by atoms with van der Waals surface area (Å²) < 4.78 is 0. The van der Waals surface area contributed by atoms with Crippen molar-refractivity contribution in [2.24, 2.45) is 0 Å². The largest absolute Gasteiger partial charge is 0.0619 e. The van der Waals surface area contributed by atoms with E-state index in [1.54, 1.807) is 0 Å². The summed E-state index contributed by atoms with van der Waals surface area (Å²) in [6.07, 6.45) is 0. The smallest absolute Gasteiger partial charge is 0.0158 e. The predicted molar refractivity (Wildman–Crippen MR) is 569 cm³/mol. The van der Waals surface area contributed by atoms with E-state index in [-0.39, 0.29) is 16.2 Å². The summed E-state index contributed by atoms with van der Waals surface area (Å²) >= 11 is 0. The topological polar surface area (TPSA) is 0 Å². The first-order chi connectivity index (χ1) is 64.3. The minimum absolute atomic E-state index is 0.000923. The number of aryl methyl sites for hydroxylation is 5. The first-order valence-electron chi connectivity index (χ1n) is 46.9. The molecule has 0 heteroatoms. The van der Waals surface area contributed by atoms with Gasteiger partial charge in [-0.15, -0.1) is 0 Å². The van der Waals surface area contributed by atoms with Gasteiger partial charge in [0.05, 0.1) is 0 Å². The molecule has 0 nitrogen and oxygen atoms in total. The van der Waals surface area contributed by atoms with Gasteiger partial charge in [0.15, 0.2) is 0 Å². The average molecular weight is 1690 g/mol. The molecule has 0 atom stereocenters. The number of fused-ring (bicyclic) bond motifs is 20. The van der Waals surface area contributed by atoms with Gasteiger partial charge in [0, 0.05) is 16.2 Å². The number of benzene rings is 23. The normalized spacial score (nSPS) is 13.4. The summed E-state index contributed by atoms with van der Waals surface area (Å²) in [6.45, 7) is 25.2. The fraction of sp³-hybridized carbons (Fsp3) is 0.106. The molecule has 0 unspecified atom stereocenters. The lowest BCUT2D eigenvalue weighted by Crippen LogP contribution is -2.14. The lowest BCUT2D eigenvalue weighted by molar-refractivity contribution is 0.660. The molecule has 0 saturated heterocycles. The van der Waals surface area contributed by atoms with E-state index < -0.39 is 0 Å². The minimum Gasteiger partial charge on any atom is -0.0619 e. The quantitative estimate of drug-likeness (QED) is 0.110. The molecule has 23 aromatic rings. The molecular weight excluding hydrogens is 1590 g/mol. The average Bonchev–Trinajstić information content (AvgIpc) is 1.61. The van der Waals surface area contributed by atoms with Crippen molar-refractivity contribution in [1.29, 1.82) is 0 Å². The van der Waals surface area contributed by atoms with E-state index in [0.29, 0.717) is 0 Å². The van der Waals surface area contributed by atoms with E-state index in [9.17, 15) is 0 Å². The first kappa shape index (κ1) is 80.0. The molecule has 0 amide bonds. The monoisotopic (exact) mass is 1680 g/mol. The third kappa shape index (κ3) is 12.5. The number of rotatable bonds is 7. The number of hydrogen-bond acceptors (Lipinski definition) is 0. The Morgan fingerprint density at radius 3 is 0.924 bits per heavy atom. The van der Waals surface area contributed by atoms with Crippen molar-refractivity contribution in [2.45, 2.75) is 92.4 Å². The Morgan fingerprint density at radius 2 is 0.455 bits per heavy atom. The summed E-state index contributed by atoms with van der Waals surface area (Å²) in [4.78, 5) is 0. The maximum Gasteiger partial charge on any atom is 0.0158 e. The van der Waals surface area contributed by atoms with E-state index in [4.69, 9.17) is 0 Å². The summed E-state index contributed by atoms with van der Waals surface area (Å²) in [7, 11) is 0. The molecule has 0 radical (unpaired) electrons. The molecule has 0 fully saturated rings. The second-order valence-corrected chi connectivity index (χ2v) is 39.1. The zero-order chi connectivity index (χ0) is 89.3. The molecule has 0 heterocycles. The van der Waals surface area contributed by atoms with Crippen LogP contribution >= 0.6 is 0 Å². The maximum atomic E-state index is 2.46. The van der Waals surface area contributed by atoms with Gasteiger partial charge in [-0.1, -0.05) is 434 Å². The SMILES string of the molecule is Cc1ccc2c(-c3c(C)ccc4ccccc34)c3ccccc3c(-c3ccc4c(c3)-c3ccccc3C4(C)C)c2c1.Cc1ccc2c(-c3ccc(C)c4ccccc34)c3ccccc3c(-c3ccc4c(c3)-c3ccccc3C4(C)C)c2c1.Cc1ccc2c(-c3cccc(-c4cc5ccccc5c5ccccc45)c3)c3ccccc3c(-c3ccc4c(c3)-c3ccccc3C4(C)C)c2c1. The van der Waals surface area contributed by atoms with Crippen molar-refractivity contribution in [3.63, 3.8) is 0 Å². The van der Waals surface area contributed by atoms with Gasteiger partial charge < -0.3 is 0 Å². The van der Waals surface area contributed by atoms with Crippen molar-refractivity contribution in [2.75, 3.05) is 0 Å². The Hall–Kier alpha value is -15.3. The van der Waals surface area contributed by atoms with Crippen LogP contribution in [0.25, 0.3) is 219 Å². The third-order valence-electron chi connectivity index (χ3n) is 30.2. The second kappa shape index (κ2) is 30.7. The Balaban J connectivity index is 0.000000110. The minimum atomic E-state index is -0.0174. The predicted octanol–water partition coefficient (Wildman–Crippen LogP) is 36.7. The lowest BCUT2D eigenvalue weighted by atomic mass is 9.81. The summed E-state index contributed by atoms with van der Waals surface area (Å²) in [5.41, 5.74) is 41.2. The molecule has 0 N–H and O–H groups in total. The van der Waals surface area contributed by atoms with Crippen LogP contribution in [0.3, 0.4) is 0 Å². The Kier molecular flexibility index (Phi) is 18.6. The molecular formula is C132H100. The molecule has 628 valence electrons. The molecule has 23 aromatic carbocycles. The van der Waals surface area contributed by atoms with Crippen LogP contribution in [0, 0.1) is 34.6 Å². The van der Waals surface area contributed by atoms with E-state index in [1.165, 1.54) is 280 Å². The van der Waals surface area contributed by atoms with Crippen molar-refractivity contribution >= 4 is 108 Å². The maximum absolute atomic E-state index is 2.46. The highest BCUT2D eigenvalue weighted by molar-refractivity contribution is 6.27. The van der Waals surface area contributed by atoms with Crippen LogP contribution < -0.4 is 0 Å². The standard InChI is InChI=1S/C50H36.2C41H32/c1-31-23-25-42-45(27-31)49(35-24-26-47-44(30-35)39-19-10-11-22-46(39)50(47,2)3)41-21-9-8-20-40(41)48(42)34-15-12-14-32(28-34)43-29-33-13-4-5-16-36(33)37-17-6-7-18-38(37)43;1-25-17-20-34-36(23-25)39(27-19-22-38-35(24-27)30-13-9-10-16-37(30)41(38,3)4)31-14-7-8-15-32(31)40(34)33-21-18-26(2)28-11-5-6-12-29(28)33;1-25-17-21-33-35(23-25)39(28-20-22-37-34(24-28)30-13-9-10-16-36(30)41(37,3)4)31-14-7-8-15-32(31)40(33)38-26(2)18-19-27-11-5-6-12-29(27)38/h4-30H,1-3H3;2*5-24H,1-4H3. The van der Waals surface area contributed by atoms with Crippen LogP contribution in [0.1, 0.15) is 103 Å². The van der Waals surface area contributed by atoms with Crippen LogP contribution in [0.5, 0.6) is 0 Å². The molecule has 0 bridgehead atoms. The highest BCUT2D eigenvalue weighted by Gasteiger charge is 2.39. The summed E-state index contributed by atoms with van der Waals surface area (Å²) in [6, 6.07) is 152. The van der Waals surface area contributed by atoms with E-state index >= 15 is 0 Å². The molecule has 26 rings (SSSR count). The fourth-order valence-electron chi connectivity index (χ4n) is 23.8. The van der Waals surface area contributed by atoms with Crippen molar-refractivity contribution in [1.82, 2.24) is 0 Å². The molecule has 3 aliphatic carbocycles. The summed E-state index contributed by atoms with van der Waals surface area (Å²) in [5.74, 6) is 0. The second-order valence-electron chi connectivity index (χ2n) is 39.1. The van der Waals surface area contributed by atoms with Crippen molar-refractivity contribution < 1.29 is 0 Å². The molecule has 0 aromatic heterocycles. The van der Waals surface area contributed by atoms with Gasteiger partial charge in [-0.25, -0.2) is 0 Å². The zero-order valence-corrected chi connectivity index (χ0v) is 76.7. The van der Waals surface area contributed by atoms with Gasteiger partial charge in [-0.3, -0.25) is 0 Å². The Labute approximate surface area is 773 Å². The van der Waals surface area contributed by atoms with Crippen LogP contribution in [-0.2, 0) is 16.2 Å². The Bertz CT molecular complexity index is 8850. The fourth-order valence-corrected chi connectivity index (χ4v) is 23.8. The first-order valence-corrected chi connectivity index (χ1v) is 46.9. The van der Waals surface area contributed by atoms with Crippen LogP contribution in [0.4, 0.5) is 0 Å². The summed E-state index contributed by atoms with van der Waals surface area (Å²) in [5, 5.41) is 26.0. The van der Waals surface area contributed by atoms with Gasteiger partial charge in [0.2, 0.25) is 0 Å². The molecule has 132 heavy (non-hydrogen) atoms. The molecule has 0 saturated carbocycles. The van der Waals surface area contributed by atoms with Crippen LogP contribution in [-0.4, -0.2) is 0 Å². The van der Waals surface area contributed by atoms with Gasteiger partial charge in [-0.05, 0) is 328 Å². The Morgan fingerprint density at radius 1 is 0.136 bits per heavy atom. The molecule has 0 aliphatic heterocycles. The van der Waals surface area contributed by atoms with Crippen LogP contribution in [0.15, 0.2) is 406 Å². The van der Waals surface area contributed by atoms with E-state index in [2.05, 4.69) is 483 Å². The zero-order valence-electron chi connectivity index (χ0n) is 76.7. The highest BCUT2D eigenvalue weighted by atomic mass is 14.4. The van der Waals surface area contributed by atoms with Gasteiger partial charge in [-0.2, -0.15) is 0 Å². The molecule has 3 aliphatic rings.